The second-order valence-corrected chi connectivity index (χ2v) is 6.74. The molecule has 1 amide bonds. The molecule has 0 bridgehead atoms. The van der Waals surface area contributed by atoms with Gasteiger partial charge < -0.3 is 19.5 Å². The molecule has 0 saturated heterocycles. The van der Waals surface area contributed by atoms with Crippen molar-refractivity contribution in [2.75, 3.05) is 19.5 Å². The van der Waals surface area contributed by atoms with Crippen molar-refractivity contribution in [2.45, 2.75) is 33.8 Å². The van der Waals surface area contributed by atoms with E-state index in [0.29, 0.717) is 5.75 Å². The smallest absolute Gasteiger partial charge is 0.337 e. The number of hydrogen-bond acceptors (Lipinski definition) is 6. The van der Waals surface area contributed by atoms with Crippen molar-refractivity contribution in [1.29, 1.82) is 0 Å². The molecule has 0 aliphatic heterocycles. The van der Waals surface area contributed by atoms with Crippen LogP contribution in [0.2, 0.25) is 0 Å². The van der Waals surface area contributed by atoms with Crippen LogP contribution >= 0.6 is 0 Å². The lowest BCUT2D eigenvalue weighted by Gasteiger charge is -2.18. The molecule has 154 valence electrons. The lowest BCUT2D eigenvalue weighted by molar-refractivity contribution is -0.122. The van der Waals surface area contributed by atoms with Crippen LogP contribution in [0.1, 0.15) is 44.3 Å². The average molecular weight is 399 g/mol. The summed E-state index contributed by atoms with van der Waals surface area (Å²) in [4.78, 5) is 36.4. The Hall–Kier alpha value is -3.35. The van der Waals surface area contributed by atoms with E-state index in [2.05, 4.69) is 5.32 Å². The number of nitrogens with one attached hydrogen (secondary N) is 1. The Morgan fingerprint density at radius 1 is 0.862 bits per heavy atom. The Morgan fingerprint density at radius 2 is 1.41 bits per heavy atom. The highest BCUT2D eigenvalue weighted by Gasteiger charge is 2.19. The Kier molecular flexibility index (Phi) is 6.98. The Morgan fingerprint density at radius 3 is 1.93 bits per heavy atom. The number of aryl methyl sites for hydroxylation is 2. The first-order valence-corrected chi connectivity index (χ1v) is 9.03. The van der Waals surface area contributed by atoms with Gasteiger partial charge in [0.25, 0.3) is 5.91 Å². The van der Waals surface area contributed by atoms with E-state index in [1.165, 1.54) is 32.4 Å². The number of carbonyl (C=O) groups is 3. The van der Waals surface area contributed by atoms with Crippen LogP contribution in [0.15, 0.2) is 30.3 Å². The van der Waals surface area contributed by atoms with Crippen LogP contribution in [0.4, 0.5) is 5.69 Å². The highest BCUT2D eigenvalue weighted by atomic mass is 16.5. The number of esters is 2. The fraction of sp³-hybridized carbons (Fsp3) is 0.318. The molecule has 2 aromatic rings. The molecule has 2 rings (SSSR count). The number of ether oxygens (including phenoxy) is 3. The van der Waals surface area contributed by atoms with Crippen molar-refractivity contribution in [3.05, 3.63) is 58.1 Å². The van der Waals surface area contributed by atoms with Crippen molar-refractivity contribution in [1.82, 2.24) is 0 Å². The van der Waals surface area contributed by atoms with E-state index in [-0.39, 0.29) is 16.8 Å². The standard InChI is InChI=1S/C22H25NO6/c1-12-7-13(2)14(3)19(8-12)29-15(4)20(24)23-18-10-16(21(25)27-5)9-17(11-18)22(26)28-6/h7-11,15H,1-6H3,(H,23,24)/t15-/m0/s1. The molecule has 1 N–H and O–H groups in total. The Bertz CT molecular complexity index is 916. The van der Waals surface area contributed by atoms with Crippen molar-refractivity contribution in [2.24, 2.45) is 0 Å². The van der Waals surface area contributed by atoms with Crippen molar-refractivity contribution < 1.29 is 28.6 Å². The van der Waals surface area contributed by atoms with E-state index < -0.39 is 23.9 Å². The molecule has 0 saturated carbocycles. The lowest BCUT2D eigenvalue weighted by atomic mass is 10.1. The van der Waals surface area contributed by atoms with Gasteiger partial charge in [-0.05, 0) is 68.7 Å². The van der Waals surface area contributed by atoms with E-state index in [0.717, 1.165) is 16.7 Å². The summed E-state index contributed by atoms with van der Waals surface area (Å²) >= 11 is 0. The summed E-state index contributed by atoms with van der Waals surface area (Å²) in [5, 5.41) is 2.67. The van der Waals surface area contributed by atoms with E-state index in [9.17, 15) is 14.4 Å². The molecule has 0 aliphatic carbocycles. The first-order valence-electron chi connectivity index (χ1n) is 9.03. The molecule has 7 nitrogen and oxygen atoms in total. The summed E-state index contributed by atoms with van der Waals surface area (Å²) in [6.07, 6.45) is -0.807. The van der Waals surface area contributed by atoms with E-state index in [4.69, 9.17) is 14.2 Å². The maximum atomic E-state index is 12.6. The minimum atomic E-state index is -0.807. The first kappa shape index (κ1) is 21.9. The molecule has 0 aromatic heterocycles. The minimum Gasteiger partial charge on any atom is -0.481 e. The second kappa shape index (κ2) is 9.23. The van der Waals surface area contributed by atoms with Gasteiger partial charge in [-0.1, -0.05) is 6.07 Å². The van der Waals surface area contributed by atoms with E-state index in [1.807, 2.05) is 32.9 Å². The van der Waals surface area contributed by atoms with Gasteiger partial charge in [-0.2, -0.15) is 0 Å². The summed E-state index contributed by atoms with van der Waals surface area (Å²) in [5.41, 5.74) is 3.54. The van der Waals surface area contributed by atoms with Crippen molar-refractivity contribution in [3.63, 3.8) is 0 Å². The largest absolute Gasteiger partial charge is 0.481 e. The SMILES string of the molecule is COC(=O)c1cc(NC(=O)[C@H](C)Oc2cc(C)cc(C)c2C)cc(C(=O)OC)c1. The van der Waals surface area contributed by atoms with Crippen LogP contribution in [-0.2, 0) is 14.3 Å². The fourth-order valence-electron chi connectivity index (χ4n) is 2.78. The number of methoxy groups -OCH3 is 2. The third kappa shape index (κ3) is 5.34. The first-order chi connectivity index (χ1) is 13.7. The zero-order valence-corrected chi connectivity index (χ0v) is 17.4. The highest BCUT2D eigenvalue weighted by molar-refractivity contribution is 6.00. The van der Waals surface area contributed by atoms with Crippen LogP contribution < -0.4 is 10.1 Å². The van der Waals surface area contributed by atoms with Crippen LogP contribution in [0, 0.1) is 20.8 Å². The fourth-order valence-corrected chi connectivity index (χ4v) is 2.78. The molecule has 7 heteroatoms. The number of hydrogen-bond donors (Lipinski definition) is 1. The number of benzene rings is 2. The lowest BCUT2D eigenvalue weighted by Crippen LogP contribution is -2.30. The number of anilines is 1. The zero-order chi connectivity index (χ0) is 21.7. The molecule has 2 aromatic carbocycles. The molecular weight excluding hydrogens is 374 g/mol. The average Bonchev–Trinajstić information content (AvgIpc) is 2.69. The quantitative estimate of drug-likeness (QED) is 0.747. The van der Waals surface area contributed by atoms with Crippen molar-refractivity contribution in [3.8, 4) is 5.75 Å². The van der Waals surface area contributed by atoms with Crippen LogP contribution in [0.3, 0.4) is 0 Å². The zero-order valence-electron chi connectivity index (χ0n) is 17.4. The molecule has 0 radical (unpaired) electrons. The molecule has 0 spiro atoms. The molecule has 1 atom stereocenters. The summed E-state index contributed by atoms with van der Waals surface area (Å²) in [6.45, 7) is 7.48. The van der Waals surface area contributed by atoms with Gasteiger partial charge in [-0.15, -0.1) is 0 Å². The molecule has 29 heavy (non-hydrogen) atoms. The van der Waals surface area contributed by atoms with Crippen LogP contribution in [0.25, 0.3) is 0 Å². The maximum Gasteiger partial charge on any atom is 0.337 e. The molecule has 0 unspecified atom stereocenters. The summed E-state index contributed by atoms with van der Waals surface area (Å²) in [6, 6.07) is 8.10. The molecule has 0 fully saturated rings. The predicted octanol–water partition coefficient (Wildman–Crippen LogP) is 3.59. The molecule has 0 aliphatic rings. The van der Waals surface area contributed by atoms with Gasteiger partial charge in [0.1, 0.15) is 5.75 Å². The minimum absolute atomic E-state index is 0.115. The predicted molar refractivity (Wildman–Crippen MR) is 108 cm³/mol. The molecule has 0 heterocycles. The van der Waals surface area contributed by atoms with Gasteiger partial charge in [0.05, 0.1) is 25.3 Å². The second-order valence-electron chi connectivity index (χ2n) is 6.74. The summed E-state index contributed by atoms with van der Waals surface area (Å²) in [5.74, 6) is -1.08. The highest BCUT2D eigenvalue weighted by Crippen LogP contribution is 2.25. The number of carbonyl (C=O) groups excluding carboxylic acids is 3. The van der Waals surface area contributed by atoms with Gasteiger partial charge in [0, 0.05) is 5.69 Å². The van der Waals surface area contributed by atoms with Crippen LogP contribution in [-0.4, -0.2) is 38.2 Å². The third-order valence-electron chi connectivity index (χ3n) is 4.48. The maximum absolute atomic E-state index is 12.6. The van der Waals surface area contributed by atoms with Gasteiger partial charge in [-0.3, -0.25) is 4.79 Å². The van der Waals surface area contributed by atoms with E-state index in [1.54, 1.807) is 6.92 Å². The normalized spacial score (nSPS) is 11.4. The van der Waals surface area contributed by atoms with Gasteiger partial charge in [-0.25, -0.2) is 9.59 Å². The summed E-state index contributed by atoms with van der Waals surface area (Å²) < 4.78 is 15.2. The van der Waals surface area contributed by atoms with Gasteiger partial charge >= 0.3 is 11.9 Å². The topological polar surface area (TPSA) is 90.9 Å². The number of rotatable bonds is 6. The Labute approximate surface area is 170 Å². The van der Waals surface area contributed by atoms with E-state index >= 15 is 0 Å². The third-order valence-corrected chi connectivity index (χ3v) is 4.48. The molecular formula is C22H25NO6. The van der Waals surface area contributed by atoms with Crippen LogP contribution in [0.5, 0.6) is 5.75 Å². The monoisotopic (exact) mass is 399 g/mol. The summed E-state index contributed by atoms with van der Waals surface area (Å²) in [7, 11) is 2.46. The Balaban J connectivity index is 2.25. The van der Waals surface area contributed by atoms with Crippen molar-refractivity contribution >= 4 is 23.5 Å². The number of amides is 1. The van der Waals surface area contributed by atoms with Gasteiger partial charge in [0.15, 0.2) is 6.10 Å². The van der Waals surface area contributed by atoms with Gasteiger partial charge in [0.2, 0.25) is 0 Å².